The highest BCUT2D eigenvalue weighted by atomic mass is 127. The van der Waals surface area contributed by atoms with Crippen LogP contribution in [0.15, 0.2) is 41.5 Å². The number of hydrogen-bond donors (Lipinski definition) is 3. The number of rotatable bonds is 8. The Kier molecular flexibility index (Phi) is 9.93. The van der Waals surface area contributed by atoms with Gasteiger partial charge in [-0.05, 0) is 23.8 Å². The van der Waals surface area contributed by atoms with Gasteiger partial charge in [0.25, 0.3) is 0 Å². The van der Waals surface area contributed by atoms with Crippen LogP contribution in [0.5, 0.6) is 0 Å². The van der Waals surface area contributed by atoms with E-state index in [0.717, 1.165) is 23.9 Å². The summed E-state index contributed by atoms with van der Waals surface area (Å²) in [6.45, 7) is 2.89. The summed E-state index contributed by atoms with van der Waals surface area (Å²) in [6.07, 6.45) is 1.79. The van der Waals surface area contributed by atoms with Gasteiger partial charge < -0.3 is 20.7 Å². The van der Waals surface area contributed by atoms with Gasteiger partial charge in [-0.25, -0.2) is 0 Å². The quantitative estimate of drug-likeness (QED) is 0.244. The van der Waals surface area contributed by atoms with Crippen molar-refractivity contribution >= 4 is 35.6 Å². The maximum atomic E-state index is 5.02. The second-order valence-corrected chi connectivity index (χ2v) is 5.34. The summed E-state index contributed by atoms with van der Waals surface area (Å²) in [6, 6.07) is 10.3. The first-order chi connectivity index (χ1) is 11.7. The van der Waals surface area contributed by atoms with E-state index in [1.54, 1.807) is 20.4 Å². The first-order valence-corrected chi connectivity index (χ1v) is 7.96. The third-order valence-electron chi connectivity index (χ3n) is 3.63. The number of hydrogen-bond acceptors (Lipinski definition) is 4. The number of anilines is 1. The molecule has 8 heteroatoms. The van der Waals surface area contributed by atoms with Gasteiger partial charge in [-0.15, -0.1) is 24.0 Å². The number of nitrogens with zero attached hydrogens (tertiary/aromatic N) is 3. The lowest BCUT2D eigenvalue weighted by atomic mass is 10.2. The number of ether oxygens (including phenoxy) is 1. The highest BCUT2D eigenvalue weighted by Crippen LogP contribution is 2.09. The molecule has 0 radical (unpaired) electrons. The van der Waals surface area contributed by atoms with Crippen LogP contribution in [-0.2, 0) is 24.9 Å². The van der Waals surface area contributed by atoms with Gasteiger partial charge >= 0.3 is 0 Å². The monoisotopic (exact) mass is 458 g/mol. The molecule has 0 aliphatic carbocycles. The summed E-state index contributed by atoms with van der Waals surface area (Å²) in [7, 11) is 5.39. The lowest BCUT2D eigenvalue weighted by Crippen LogP contribution is -2.36. The van der Waals surface area contributed by atoms with Gasteiger partial charge in [0.2, 0.25) is 0 Å². The first kappa shape index (κ1) is 21.2. The van der Waals surface area contributed by atoms with E-state index < -0.39 is 0 Å². The van der Waals surface area contributed by atoms with Crippen molar-refractivity contribution in [2.24, 2.45) is 12.0 Å². The smallest absolute Gasteiger partial charge is 0.191 e. The number of benzene rings is 1. The van der Waals surface area contributed by atoms with E-state index in [1.807, 2.05) is 17.8 Å². The van der Waals surface area contributed by atoms with Crippen molar-refractivity contribution < 1.29 is 4.74 Å². The van der Waals surface area contributed by atoms with Crippen LogP contribution in [0.25, 0.3) is 0 Å². The SMILES string of the molecule is CN=C(NCc1ccc(NCCOC)cc1)NCc1ccnn1C.I. The summed E-state index contributed by atoms with van der Waals surface area (Å²) in [5.74, 6) is 0.762. The number of aryl methyl sites for hydroxylation is 1. The third kappa shape index (κ3) is 7.30. The zero-order valence-electron chi connectivity index (χ0n) is 15.0. The van der Waals surface area contributed by atoms with Gasteiger partial charge in [-0.3, -0.25) is 9.67 Å². The molecule has 0 bridgehead atoms. The van der Waals surface area contributed by atoms with Crippen molar-refractivity contribution in [3.63, 3.8) is 0 Å². The van der Waals surface area contributed by atoms with Crippen LogP contribution in [0.4, 0.5) is 5.69 Å². The van der Waals surface area contributed by atoms with Crippen molar-refractivity contribution in [1.82, 2.24) is 20.4 Å². The van der Waals surface area contributed by atoms with Crippen LogP contribution in [0.1, 0.15) is 11.3 Å². The standard InChI is InChI=1S/C17H26N6O.HI/c1-18-17(21-13-16-8-9-22-23(16)2)20-12-14-4-6-15(7-5-14)19-10-11-24-3;/h4-9,19H,10-13H2,1-3H3,(H2,18,20,21);1H. The molecule has 2 rings (SSSR count). The minimum absolute atomic E-state index is 0. The van der Waals surface area contributed by atoms with Crippen LogP contribution >= 0.6 is 24.0 Å². The van der Waals surface area contributed by atoms with E-state index in [-0.39, 0.29) is 24.0 Å². The summed E-state index contributed by atoms with van der Waals surface area (Å²) in [5, 5.41) is 14.0. The van der Waals surface area contributed by atoms with Crippen molar-refractivity contribution in [2.45, 2.75) is 13.1 Å². The maximum Gasteiger partial charge on any atom is 0.191 e. The van der Waals surface area contributed by atoms with Crippen molar-refractivity contribution in [1.29, 1.82) is 0 Å². The number of guanidine groups is 1. The number of halogens is 1. The lowest BCUT2D eigenvalue weighted by Gasteiger charge is -2.12. The molecular formula is C17H27IN6O. The molecule has 0 saturated heterocycles. The Bertz CT molecular complexity index is 641. The largest absolute Gasteiger partial charge is 0.383 e. The fourth-order valence-electron chi connectivity index (χ4n) is 2.19. The summed E-state index contributed by atoms with van der Waals surface area (Å²) >= 11 is 0. The Morgan fingerprint density at radius 1 is 1.16 bits per heavy atom. The van der Waals surface area contributed by atoms with Crippen LogP contribution < -0.4 is 16.0 Å². The van der Waals surface area contributed by atoms with Crippen molar-refractivity contribution in [2.75, 3.05) is 32.6 Å². The second kappa shape index (κ2) is 11.7. The van der Waals surface area contributed by atoms with Crippen LogP contribution in [0.3, 0.4) is 0 Å². The fraction of sp³-hybridized carbons (Fsp3) is 0.412. The van der Waals surface area contributed by atoms with Gasteiger partial charge in [0.1, 0.15) is 0 Å². The van der Waals surface area contributed by atoms with Crippen molar-refractivity contribution in [3.8, 4) is 0 Å². The lowest BCUT2D eigenvalue weighted by molar-refractivity contribution is 0.211. The Hall–Kier alpha value is -1.81. The molecule has 0 atom stereocenters. The molecule has 0 aliphatic rings. The van der Waals surface area contributed by atoms with E-state index in [4.69, 9.17) is 4.74 Å². The molecule has 7 nitrogen and oxygen atoms in total. The van der Waals surface area contributed by atoms with E-state index in [0.29, 0.717) is 19.7 Å². The normalized spacial score (nSPS) is 10.9. The average Bonchev–Trinajstić information content (AvgIpc) is 3.01. The average molecular weight is 458 g/mol. The van der Waals surface area contributed by atoms with Gasteiger partial charge in [0.05, 0.1) is 18.8 Å². The molecule has 0 amide bonds. The van der Waals surface area contributed by atoms with E-state index >= 15 is 0 Å². The van der Waals surface area contributed by atoms with Gasteiger partial charge in [0, 0.05) is 46.2 Å². The molecule has 1 heterocycles. The predicted octanol–water partition coefficient (Wildman–Crippen LogP) is 1.96. The Morgan fingerprint density at radius 3 is 2.48 bits per heavy atom. The summed E-state index contributed by atoms with van der Waals surface area (Å²) < 4.78 is 6.87. The van der Waals surface area contributed by atoms with Gasteiger partial charge in [-0.2, -0.15) is 5.10 Å². The second-order valence-electron chi connectivity index (χ2n) is 5.34. The molecule has 2 aromatic rings. The predicted molar refractivity (Wildman–Crippen MR) is 112 cm³/mol. The molecule has 0 fully saturated rings. The summed E-state index contributed by atoms with van der Waals surface area (Å²) in [4.78, 5) is 4.24. The van der Waals surface area contributed by atoms with E-state index in [1.165, 1.54) is 5.56 Å². The van der Waals surface area contributed by atoms with Crippen LogP contribution in [0, 0.1) is 0 Å². The molecule has 0 aliphatic heterocycles. The minimum atomic E-state index is 0. The Morgan fingerprint density at radius 2 is 1.88 bits per heavy atom. The van der Waals surface area contributed by atoms with Gasteiger partial charge in [-0.1, -0.05) is 12.1 Å². The highest BCUT2D eigenvalue weighted by Gasteiger charge is 2.02. The van der Waals surface area contributed by atoms with E-state index in [2.05, 4.69) is 50.3 Å². The molecule has 1 aromatic carbocycles. The molecule has 0 spiro atoms. The first-order valence-electron chi connectivity index (χ1n) is 7.96. The molecule has 0 unspecified atom stereocenters. The molecule has 3 N–H and O–H groups in total. The zero-order chi connectivity index (χ0) is 17.2. The Balaban J connectivity index is 0.00000312. The number of aliphatic imine (C=N–C) groups is 1. The molecule has 25 heavy (non-hydrogen) atoms. The Labute approximate surface area is 166 Å². The van der Waals surface area contributed by atoms with Gasteiger partial charge in [0.15, 0.2) is 5.96 Å². The molecule has 0 saturated carbocycles. The fourth-order valence-corrected chi connectivity index (χ4v) is 2.19. The number of nitrogens with one attached hydrogen (secondary N) is 3. The number of methoxy groups -OCH3 is 1. The van der Waals surface area contributed by atoms with Crippen LogP contribution in [-0.4, -0.2) is 43.0 Å². The van der Waals surface area contributed by atoms with Crippen molar-refractivity contribution in [3.05, 3.63) is 47.8 Å². The third-order valence-corrected chi connectivity index (χ3v) is 3.63. The maximum absolute atomic E-state index is 5.02. The topological polar surface area (TPSA) is 75.5 Å². The van der Waals surface area contributed by atoms with E-state index in [9.17, 15) is 0 Å². The molecule has 138 valence electrons. The zero-order valence-corrected chi connectivity index (χ0v) is 17.3. The highest BCUT2D eigenvalue weighted by molar-refractivity contribution is 14.0. The number of aromatic nitrogens is 2. The summed E-state index contributed by atoms with van der Waals surface area (Å²) in [5.41, 5.74) is 3.38. The van der Waals surface area contributed by atoms with Crippen LogP contribution in [0.2, 0.25) is 0 Å². The minimum Gasteiger partial charge on any atom is -0.383 e. The molecular weight excluding hydrogens is 431 g/mol. The molecule has 1 aromatic heterocycles.